The third kappa shape index (κ3) is 3.04. The number of rotatable bonds is 4. The molecule has 2 nitrogen and oxygen atoms in total. The van der Waals surface area contributed by atoms with Gasteiger partial charge in [-0.1, -0.05) is 22.9 Å². The van der Waals surface area contributed by atoms with Gasteiger partial charge in [-0.05, 0) is 24.7 Å². The summed E-state index contributed by atoms with van der Waals surface area (Å²) in [5.41, 5.74) is 0.320. The van der Waals surface area contributed by atoms with Crippen LogP contribution in [0.4, 0.5) is 4.39 Å². The standard InChI is InChI=1S/C10H13BrFNO/c1-2-13-6-10(14)8-5-7(11)3-4-9(8)12/h3-5,10,13-14H,2,6H2,1H3. The van der Waals surface area contributed by atoms with Gasteiger partial charge in [-0.15, -0.1) is 0 Å². The number of benzene rings is 1. The summed E-state index contributed by atoms with van der Waals surface area (Å²) in [6.07, 6.45) is -0.799. The van der Waals surface area contributed by atoms with Crippen LogP contribution in [-0.4, -0.2) is 18.2 Å². The molecule has 0 aliphatic heterocycles. The maximum absolute atomic E-state index is 13.2. The van der Waals surface area contributed by atoms with E-state index in [2.05, 4.69) is 21.2 Å². The van der Waals surface area contributed by atoms with Crippen LogP contribution in [0.25, 0.3) is 0 Å². The lowest BCUT2D eigenvalue weighted by atomic mass is 10.1. The van der Waals surface area contributed by atoms with Crippen molar-refractivity contribution in [2.45, 2.75) is 13.0 Å². The molecule has 0 amide bonds. The van der Waals surface area contributed by atoms with E-state index in [1.54, 1.807) is 12.1 Å². The minimum atomic E-state index is -0.799. The summed E-state index contributed by atoms with van der Waals surface area (Å²) < 4.78 is 14.0. The van der Waals surface area contributed by atoms with Gasteiger partial charge in [0.1, 0.15) is 5.82 Å². The average Bonchev–Trinajstić information content (AvgIpc) is 2.18. The van der Waals surface area contributed by atoms with Gasteiger partial charge in [0.2, 0.25) is 0 Å². The van der Waals surface area contributed by atoms with Gasteiger partial charge in [-0.25, -0.2) is 4.39 Å². The van der Waals surface area contributed by atoms with Crippen molar-refractivity contribution in [3.05, 3.63) is 34.1 Å². The van der Waals surface area contributed by atoms with Gasteiger partial charge in [0.15, 0.2) is 0 Å². The molecule has 4 heteroatoms. The molecule has 0 saturated heterocycles. The highest BCUT2D eigenvalue weighted by atomic mass is 79.9. The SMILES string of the molecule is CCNCC(O)c1cc(Br)ccc1F. The van der Waals surface area contributed by atoms with E-state index in [9.17, 15) is 9.50 Å². The molecule has 0 aromatic heterocycles. The van der Waals surface area contributed by atoms with Crippen LogP contribution in [0.1, 0.15) is 18.6 Å². The van der Waals surface area contributed by atoms with Crippen molar-refractivity contribution >= 4 is 15.9 Å². The Morgan fingerprint density at radius 2 is 2.29 bits per heavy atom. The van der Waals surface area contributed by atoms with Gasteiger partial charge >= 0.3 is 0 Å². The van der Waals surface area contributed by atoms with Crippen molar-refractivity contribution < 1.29 is 9.50 Å². The van der Waals surface area contributed by atoms with E-state index in [0.29, 0.717) is 12.1 Å². The highest BCUT2D eigenvalue weighted by molar-refractivity contribution is 9.10. The lowest BCUT2D eigenvalue weighted by Gasteiger charge is -2.12. The first kappa shape index (κ1) is 11.6. The summed E-state index contributed by atoms with van der Waals surface area (Å²) in [5.74, 6) is -0.376. The summed E-state index contributed by atoms with van der Waals surface area (Å²) in [4.78, 5) is 0. The fourth-order valence-electron chi connectivity index (χ4n) is 1.16. The first-order valence-corrected chi connectivity index (χ1v) is 5.28. The van der Waals surface area contributed by atoms with E-state index in [-0.39, 0.29) is 5.82 Å². The van der Waals surface area contributed by atoms with Crippen LogP contribution in [0, 0.1) is 5.82 Å². The Labute approximate surface area is 91.3 Å². The Balaban J connectivity index is 2.77. The maximum Gasteiger partial charge on any atom is 0.129 e. The number of nitrogens with one attached hydrogen (secondary N) is 1. The first-order chi connectivity index (χ1) is 6.65. The van der Waals surface area contributed by atoms with Gasteiger partial charge in [0.25, 0.3) is 0 Å². The molecule has 2 N–H and O–H groups in total. The molecule has 14 heavy (non-hydrogen) atoms. The number of halogens is 2. The van der Waals surface area contributed by atoms with E-state index in [1.165, 1.54) is 6.07 Å². The number of hydrogen-bond donors (Lipinski definition) is 2. The summed E-state index contributed by atoms with van der Waals surface area (Å²) in [6, 6.07) is 4.55. The van der Waals surface area contributed by atoms with Crippen LogP contribution >= 0.6 is 15.9 Å². The highest BCUT2D eigenvalue weighted by Crippen LogP contribution is 2.21. The van der Waals surface area contributed by atoms with E-state index in [0.717, 1.165) is 11.0 Å². The van der Waals surface area contributed by atoms with Crippen LogP contribution in [0.15, 0.2) is 22.7 Å². The summed E-state index contributed by atoms with van der Waals surface area (Å²) in [7, 11) is 0. The molecule has 1 atom stereocenters. The Morgan fingerprint density at radius 3 is 2.93 bits per heavy atom. The summed E-state index contributed by atoms with van der Waals surface area (Å²) >= 11 is 3.23. The first-order valence-electron chi connectivity index (χ1n) is 4.49. The molecule has 0 heterocycles. The van der Waals surface area contributed by atoms with Gasteiger partial charge < -0.3 is 10.4 Å². The van der Waals surface area contributed by atoms with Crippen LogP contribution in [0.5, 0.6) is 0 Å². The third-order valence-electron chi connectivity index (χ3n) is 1.90. The quantitative estimate of drug-likeness (QED) is 0.872. The van der Waals surface area contributed by atoms with E-state index in [1.807, 2.05) is 6.92 Å². The Bertz CT molecular complexity index is 306. The lowest BCUT2D eigenvalue weighted by Crippen LogP contribution is -2.21. The van der Waals surface area contributed by atoms with E-state index >= 15 is 0 Å². The minimum absolute atomic E-state index is 0.320. The molecule has 0 bridgehead atoms. The molecule has 0 aliphatic rings. The zero-order chi connectivity index (χ0) is 10.6. The van der Waals surface area contributed by atoms with Gasteiger partial charge in [0.05, 0.1) is 6.10 Å². The zero-order valence-corrected chi connectivity index (χ0v) is 9.51. The highest BCUT2D eigenvalue weighted by Gasteiger charge is 2.12. The van der Waals surface area contributed by atoms with E-state index < -0.39 is 6.10 Å². The monoisotopic (exact) mass is 261 g/mol. The molecule has 0 fully saturated rings. The molecular formula is C10H13BrFNO. The molecule has 1 unspecified atom stereocenters. The predicted octanol–water partition coefficient (Wildman–Crippen LogP) is 2.23. The topological polar surface area (TPSA) is 32.3 Å². The second kappa shape index (κ2) is 5.44. The zero-order valence-electron chi connectivity index (χ0n) is 7.93. The number of aliphatic hydroxyl groups is 1. The molecule has 78 valence electrons. The molecule has 0 radical (unpaired) electrons. The summed E-state index contributed by atoms with van der Waals surface area (Å²) in [5, 5.41) is 12.6. The number of likely N-dealkylation sites (N-methyl/N-ethyl adjacent to an activating group) is 1. The number of aliphatic hydroxyl groups excluding tert-OH is 1. The fourth-order valence-corrected chi connectivity index (χ4v) is 1.54. The number of hydrogen-bond acceptors (Lipinski definition) is 2. The van der Waals surface area contributed by atoms with Crippen molar-refractivity contribution in [3.63, 3.8) is 0 Å². The average molecular weight is 262 g/mol. The van der Waals surface area contributed by atoms with Crippen LogP contribution in [0.3, 0.4) is 0 Å². The van der Waals surface area contributed by atoms with Crippen molar-refractivity contribution in [2.75, 3.05) is 13.1 Å². The Morgan fingerprint density at radius 1 is 1.57 bits per heavy atom. The summed E-state index contributed by atoms with van der Waals surface area (Å²) in [6.45, 7) is 3.06. The second-order valence-electron chi connectivity index (χ2n) is 2.99. The van der Waals surface area contributed by atoms with Crippen molar-refractivity contribution in [2.24, 2.45) is 0 Å². The second-order valence-corrected chi connectivity index (χ2v) is 3.90. The predicted molar refractivity (Wildman–Crippen MR) is 57.6 cm³/mol. The third-order valence-corrected chi connectivity index (χ3v) is 2.40. The lowest BCUT2D eigenvalue weighted by molar-refractivity contribution is 0.171. The van der Waals surface area contributed by atoms with Crippen LogP contribution in [0.2, 0.25) is 0 Å². The molecular weight excluding hydrogens is 249 g/mol. The molecule has 1 aromatic carbocycles. The van der Waals surface area contributed by atoms with Crippen molar-refractivity contribution in [1.82, 2.24) is 5.32 Å². The molecule has 1 aromatic rings. The normalized spacial score (nSPS) is 12.9. The van der Waals surface area contributed by atoms with Crippen LogP contribution < -0.4 is 5.32 Å². The fraction of sp³-hybridized carbons (Fsp3) is 0.400. The smallest absolute Gasteiger partial charge is 0.129 e. The Hall–Kier alpha value is -0.450. The van der Waals surface area contributed by atoms with E-state index in [4.69, 9.17) is 0 Å². The Kier molecular flexibility index (Phi) is 4.51. The van der Waals surface area contributed by atoms with Gasteiger partial charge in [-0.2, -0.15) is 0 Å². The molecule has 0 spiro atoms. The maximum atomic E-state index is 13.2. The minimum Gasteiger partial charge on any atom is -0.387 e. The van der Waals surface area contributed by atoms with Gasteiger partial charge in [-0.3, -0.25) is 0 Å². The van der Waals surface area contributed by atoms with Gasteiger partial charge in [0, 0.05) is 16.6 Å². The largest absolute Gasteiger partial charge is 0.387 e. The molecule has 0 saturated carbocycles. The van der Waals surface area contributed by atoms with Crippen molar-refractivity contribution in [1.29, 1.82) is 0 Å². The molecule has 0 aliphatic carbocycles. The van der Waals surface area contributed by atoms with Crippen LogP contribution in [-0.2, 0) is 0 Å². The van der Waals surface area contributed by atoms with Crippen molar-refractivity contribution in [3.8, 4) is 0 Å². The molecule has 1 rings (SSSR count).